The molecule has 0 radical (unpaired) electrons. The maximum absolute atomic E-state index is 13.2. The molecule has 0 bridgehead atoms. The maximum Gasteiger partial charge on any atom is 0.322 e. The Morgan fingerprint density at radius 3 is 2.85 bits per heavy atom. The molecule has 1 saturated carbocycles. The number of nitrogens with one attached hydrogen (secondary N) is 2. The zero-order valence-corrected chi connectivity index (χ0v) is 15.5. The van der Waals surface area contributed by atoms with Crippen LogP contribution in [0.25, 0.3) is 0 Å². The molecule has 1 aromatic heterocycles. The standard InChI is InChI=1S/C18H21ClFN5O2/c19-14-8-12(2-3-15(14)20)22-17(26)24-6-7-25-13(10-24)9-16(23-25)21-11-18(27)4-1-5-18/h2-3,8-9,27H,1,4-7,10-11H2,(H,21,23)(H,22,26). The second-order valence-corrected chi connectivity index (χ2v) is 7.56. The van der Waals surface area contributed by atoms with Crippen LogP contribution >= 0.6 is 11.6 Å². The van der Waals surface area contributed by atoms with Crippen molar-refractivity contribution in [3.63, 3.8) is 0 Å². The van der Waals surface area contributed by atoms with Gasteiger partial charge in [-0.1, -0.05) is 11.6 Å². The third-order valence-electron chi connectivity index (χ3n) is 5.14. The largest absolute Gasteiger partial charge is 0.388 e. The van der Waals surface area contributed by atoms with E-state index in [1.165, 1.54) is 18.2 Å². The fourth-order valence-electron chi connectivity index (χ4n) is 3.32. The Bertz CT molecular complexity index is 867. The van der Waals surface area contributed by atoms with Crippen molar-refractivity contribution >= 4 is 29.1 Å². The van der Waals surface area contributed by atoms with Crippen molar-refractivity contribution in [2.45, 2.75) is 38.0 Å². The molecule has 9 heteroatoms. The average molecular weight is 394 g/mol. The molecule has 1 aliphatic heterocycles. The predicted molar refractivity (Wildman–Crippen MR) is 100 cm³/mol. The lowest BCUT2D eigenvalue weighted by molar-refractivity contribution is -0.0202. The lowest BCUT2D eigenvalue weighted by Crippen LogP contribution is -2.43. The first-order valence-corrected chi connectivity index (χ1v) is 9.34. The number of fused-ring (bicyclic) bond motifs is 1. The zero-order chi connectivity index (χ0) is 19.0. The lowest BCUT2D eigenvalue weighted by Gasteiger charge is -2.36. The van der Waals surface area contributed by atoms with Gasteiger partial charge in [-0.2, -0.15) is 5.10 Å². The fraction of sp³-hybridized carbons (Fsp3) is 0.444. The molecule has 2 heterocycles. The van der Waals surface area contributed by atoms with Crippen molar-refractivity contribution in [1.82, 2.24) is 14.7 Å². The number of carbonyl (C=O) groups is 1. The Morgan fingerprint density at radius 2 is 2.15 bits per heavy atom. The van der Waals surface area contributed by atoms with Gasteiger partial charge in [-0.3, -0.25) is 4.68 Å². The van der Waals surface area contributed by atoms with E-state index in [4.69, 9.17) is 11.6 Å². The summed E-state index contributed by atoms with van der Waals surface area (Å²) < 4.78 is 15.1. The number of hydrogen-bond donors (Lipinski definition) is 3. The van der Waals surface area contributed by atoms with Gasteiger partial charge in [0.2, 0.25) is 0 Å². The van der Waals surface area contributed by atoms with Crippen molar-refractivity contribution in [3.05, 3.63) is 40.8 Å². The molecule has 4 rings (SSSR count). The molecular formula is C18H21ClFN5O2. The van der Waals surface area contributed by atoms with Gasteiger partial charge in [0.15, 0.2) is 0 Å². The average Bonchev–Trinajstić information content (AvgIpc) is 3.03. The van der Waals surface area contributed by atoms with E-state index in [9.17, 15) is 14.3 Å². The summed E-state index contributed by atoms with van der Waals surface area (Å²) in [7, 11) is 0. The summed E-state index contributed by atoms with van der Waals surface area (Å²) in [6.45, 7) is 2.00. The number of aromatic nitrogens is 2. The van der Waals surface area contributed by atoms with E-state index in [2.05, 4.69) is 15.7 Å². The highest BCUT2D eigenvalue weighted by Crippen LogP contribution is 2.31. The molecule has 7 nitrogen and oxygen atoms in total. The maximum atomic E-state index is 13.2. The van der Waals surface area contributed by atoms with Gasteiger partial charge in [0.1, 0.15) is 11.6 Å². The van der Waals surface area contributed by atoms with Crippen molar-refractivity contribution in [2.75, 3.05) is 23.7 Å². The van der Waals surface area contributed by atoms with E-state index in [0.29, 0.717) is 37.7 Å². The molecule has 3 N–H and O–H groups in total. The topological polar surface area (TPSA) is 82.4 Å². The van der Waals surface area contributed by atoms with Crippen molar-refractivity contribution in [1.29, 1.82) is 0 Å². The number of anilines is 2. The number of urea groups is 1. The molecule has 27 heavy (non-hydrogen) atoms. The first kappa shape index (κ1) is 18.1. The van der Waals surface area contributed by atoms with Crippen LogP contribution in [0.4, 0.5) is 20.7 Å². The smallest absolute Gasteiger partial charge is 0.322 e. The number of rotatable bonds is 4. The highest BCUT2D eigenvalue weighted by Gasteiger charge is 2.34. The number of carbonyl (C=O) groups excluding carboxylic acids is 1. The van der Waals surface area contributed by atoms with E-state index in [1.54, 1.807) is 4.90 Å². The van der Waals surface area contributed by atoms with Crippen LogP contribution in [0.5, 0.6) is 0 Å². The molecule has 2 aromatic rings. The lowest BCUT2D eigenvalue weighted by atomic mass is 9.80. The van der Waals surface area contributed by atoms with Gasteiger partial charge in [0, 0.05) is 24.8 Å². The molecule has 0 atom stereocenters. The van der Waals surface area contributed by atoms with Gasteiger partial charge < -0.3 is 20.6 Å². The van der Waals surface area contributed by atoms with E-state index >= 15 is 0 Å². The zero-order valence-electron chi connectivity index (χ0n) is 14.7. The normalized spacial score (nSPS) is 17.8. The second kappa shape index (κ2) is 7.01. The molecule has 1 fully saturated rings. The predicted octanol–water partition coefficient (Wildman–Crippen LogP) is 3.05. The molecule has 2 amide bonds. The summed E-state index contributed by atoms with van der Waals surface area (Å²) in [5.74, 6) is 0.182. The SMILES string of the molecule is O=C(Nc1ccc(F)c(Cl)c1)N1CCn2nc(NCC3(O)CCC3)cc2C1. The minimum atomic E-state index is -0.619. The molecule has 2 aliphatic rings. The van der Waals surface area contributed by atoms with E-state index < -0.39 is 11.4 Å². The van der Waals surface area contributed by atoms with Gasteiger partial charge in [-0.05, 0) is 37.5 Å². The van der Waals surface area contributed by atoms with Gasteiger partial charge in [0.25, 0.3) is 0 Å². The number of aliphatic hydroxyl groups is 1. The Kier molecular flexibility index (Phi) is 4.69. The highest BCUT2D eigenvalue weighted by atomic mass is 35.5. The number of nitrogens with zero attached hydrogens (tertiary/aromatic N) is 3. The number of hydrogen-bond acceptors (Lipinski definition) is 4. The monoisotopic (exact) mass is 393 g/mol. The number of amides is 2. The summed E-state index contributed by atoms with van der Waals surface area (Å²) in [6.07, 6.45) is 2.69. The molecule has 0 spiro atoms. The Balaban J connectivity index is 1.37. The van der Waals surface area contributed by atoms with Crippen molar-refractivity contribution in [2.24, 2.45) is 0 Å². The Hall–Kier alpha value is -2.32. The van der Waals surface area contributed by atoms with Gasteiger partial charge in [0.05, 0.1) is 29.4 Å². The number of halogens is 2. The Morgan fingerprint density at radius 1 is 1.33 bits per heavy atom. The first-order chi connectivity index (χ1) is 12.9. The Labute approximate surface area is 161 Å². The minimum Gasteiger partial charge on any atom is -0.388 e. The van der Waals surface area contributed by atoms with Crippen LogP contribution < -0.4 is 10.6 Å². The summed E-state index contributed by atoms with van der Waals surface area (Å²) in [5.41, 5.74) is 0.741. The summed E-state index contributed by atoms with van der Waals surface area (Å²) in [5, 5.41) is 20.6. The van der Waals surface area contributed by atoms with Gasteiger partial charge in [-0.25, -0.2) is 9.18 Å². The fourth-order valence-corrected chi connectivity index (χ4v) is 3.50. The molecule has 1 aromatic carbocycles. The summed E-state index contributed by atoms with van der Waals surface area (Å²) in [4.78, 5) is 14.1. The quantitative estimate of drug-likeness (QED) is 0.745. The molecule has 0 saturated heterocycles. The van der Waals surface area contributed by atoms with Gasteiger partial charge in [-0.15, -0.1) is 0 Å². The third-order valence-corrected chi connectivity index (χ3v) is 5.43. The number of benzene rings is 1. The van der Waals surface area contributed by atoms with Crippen LogP contribution in [0.1, 0.15) is 25.0 Å². The van der Waals surface area contributed by atoms with E-state index in [0.717, 1.165) is 25.0 Å². The minimum absolute atomic E-state index is 0.0339. The van der Waals surface area contributed by atoms with E-state index in [-0.39, 0.29) is 11.1 Å². The van der Waals surface area contributed by atoms with E-state index in [1.807, 2.05) is 10.7 Å². The molecule has 0 unspecified atom stereocenters. The summed E-state index contributed by atoms with van der Waals surface area (Å²) in [6, 6.07) is 5.70. The van der Waals surface area contributed by atoms with Crippen LogP contribution in [0.2, 0.25) is 5.02 Å². The molecular weight excluding hydrogens is 373 g/mol. The highest BCUT2D eigenvalue weighted by molar-refractivity contribution is 6.31. The van der Waals surface area contributed by atoms with Crippen LogP contribution in [0.15, 0.2) is 24.3 Å². The third kappa shape index (κ3) is 3.86. The second-order valence-electron chi connectivity index (χ2n) is 7.16. The summed E-state index contributed by atoms with van der Waals surface area (Å²) >= 11 is 5.75. The molecule has 1 aliphatic carbocycles. The first-order valence-electron chi connectivity index (χ1n) is 8.96. The van der Waals surface area contributed by atoms with Crippen LogP contribution in [0, 0.1) is 5.82 Å². The van der Waals surface area contributed by atoms with Crippen molar-refractivity contribution in [3.8, 4) is 0 Å². The van der Waals surface area contributed by atoms with Crippen LogP contribution in [-0.2, 0) is 13.1 Å². The van der Waals surface area contributed by atoms with Crippen LogP contribution in [0.3, 0.4) is 0 Å². The van der Waals surface area contributed by atoms with Crippen molar-refractivity contribution < 1.29 is 14.3 Å². The van der Waals surface area contributed by atoms with Gasteiger partial charge >= 0.3 is 6.03 Å². The molecule has 144 valence electrons. The van der Waals surface area contributed by atoms with Crippen LogP contribution in [-0.4, -0.2) is 44.5 Å².